The summed E-state index contributed by atoms with van der Waals surface area (Å²) in [7, 11) is 1.93. The van der Waals surface area contributed by atoms with Crippen molar-refractivity contribution in [3.05, 3.63) is 11.6 Å². The molecule has 0 bridgehead atoms. The predicted molar refractivity (Wildman–Crippen MR) is 97.9 cm³/mol. The third-order valence-corrected chi connectivity index (χ3v) is 5.70. The molecule has 2 aliphatic heterocycles. The fourth-order valence-corrected chi connectivity index (χ4v) is 4.31. The lowest BCUT2D eigenvalue weighted by atomic mass is 9.97. The van der Waals surface area contributed by atoms with Crippen LogP contribution in [0.3, 0.4) is 0 Å². The van der Waals surface area contributed by atoms with Gasteiger partial charge in [-0.1, -0.05) is 18.1 Å². The van der Waals surface area contributed by atoms with E-state index in [-0.39, 0.29) is 0 Å². The highest BCUT2D eigenvalue weighted by atomic mass is 15.3. The average Bonchev–Trinajstić information content (AvgIpc) is 3.10. The zero-order valence-corrected chi connectivity index (χ0v) is 14.9. The van der Waals surface area contributed by atoms with Crippen molar-refractivity contribution in [3.63, 3.8) is 0 Å². The van der Waals surface area contributed by atoms with Gasteiger partial charge in [0.25, 0.3) is 0 Å². The number of hydrogen-bond donors (Lipinski definition) is 1. The van der Waals surface area contributed by atoms with Crippen molar-refractivity contribution in [1.29, 1.82) is 0 Å². The molecule has 2 fully saturated rings. The van der Waals surface area contributed by atoms with Crippen LogP contribution in [0.15, 0.2) is 16.6 Å². The smallest absolute Gasteiger partial charge is 0.193 e. The Balaban J connectivity index is 1.42. The normalized spacial score (nSPS) is 27.2. The molecule has 3 rings (SSSR count). The molecule has 0 saturated carbocycles. The number of allylic oxidation sites excluding steroid dienone is 1. The van der Waals surface area contributed by atoms with Gasteiger partial charge >= 0.3 is 0 Å². The first-order valence-electron chi connectivity index (χ1n) is 9.74. The number of guanidine groups is 1. The van der Waals surface area contributed by atoms with Crippen LogP contribution in [0.2, 0.25) is 0 Å². The maximum Gasteiger partial charge on any atom is 0.193 e. The number of likely N-dealkylation sites (tertiary alicyclic amines) is 2. The summed E-state index contributed by atoms with van der Waals surface area (Å²) in [6.07, 6.45) is 14.5. The summed E-state index contributed by atoms with van der Waals surface area (Å²) in [4.78, 5) is 9.70. The van der Waals surface area contributed by atoms with E-state index >= 15 is 0 Å². The molecule has 0 spiro atoms. The Morgan fingerprint density at radius 1 is 1.17 bits per heavy atom. The van der Waals surface area contributed by atoms with Gasteiger partial charge < -0.3 is 10.2 Å². The zero-order chi connectivity index (χ0) is 15.9. The van der Waals surface area contributed by atoms with E-state index in [1.807, 2.05) is 7.05 Å². The van der Waals surface area contributed by atoms with Gasteiger partial charge in [-0.3, -0.25) is 9.89 Å². The van der Waals surface area contributed by atoms with E-state index in [1.165, 1.54) is 70.9 Å². The van der Waals surface area contributed by atoms with Gasteiger partial charge in [0.1, 0.15) is 0 Å². The van der Waals surface area contributed by atoms with Crippen molar-refractivity contribution < 1.29 is 0 Å². The van der Waals surface area contributed by atoms with Gasteiger partial charge in [-0.25, -0.2) is 0 Å². The van der Waals surface area contributed by atoms with E-state index in [4.69, 9.17) is 0 Å². The van der Waals surface area contributed by atoms with Crippen molar-refractivity contribution in [2.45, 2.75) is 63.8 Å². The average molecular weight is 319 g/mol. The molecule has 23 heavy (non-hydrogen) atoms. The minimum absolute atomic E-state index is 0.745. The largest absolute Gasteiger partial charge is 0.356 e. The third-order valence-electron chi connectivity index (χ3n) is 5.70. The molecular weight excluding hydrogens is 284 g/mol. The number of nitrogens with one attached hydrogen (secondary N) is 1. The standard InChI is InChI=1S/C19H34N4/c1-20-19(21-12-10-17-8-4-2-5-9-17)23-15-11-18(16-23)22-13-6-3-7-14-22/h8,18H,2-7,9-16H2,1H3,(H,20,21). The second-order valence-corrected chi connectivity index (χ2v) is 7.32. The van der Waals surface area contributed by atoms with Crippen LogP contribution in [0.1, 0.15) is 57.8 Å². The Kier molecular flexibility index (Phi) is 6.37. The Hall–Kier alpha value is -1.03. The Morgan fingerprint density at radius 3 is 2.78 bits per heavy atom. The van der Waals surface area contributed by atoms with E-state index in [1.54, 1.807) is 5.57 Å². The monoisotopic (exact) mass is 318 g/mol. The minimum atomic E-state index is 0.745. The molecular formula is C19H34N4. The van der Waals surface area contributed by atoms with E-state index in [2.05, 4.69) is 26.2 Å². The van der Waals surface area contributed by atoms with E-state index in [9.17, 15) is 0 Å². The third kappa shape index (κ3) is 4.72. The second kappa shape index (κ2) is 8.72. The zero-order valence-electron chi connectivity index (χ0n) is 14.9. The van der Waals surface area contributed by atoms with Crippen LogP contribution in [0.5, 0.6) is 0 Å². The first-order valence-corrected chi connectivity index (χ1v) is 9.74. The van der Waals surface area contributed by atoms with Crippen LogP contribution < -0.4 is 5.32 Å². The van der Waals surface area contributed by atoms with Crippen LogP contribution in [-0.4, -0.2) is 61.6 Å². The predicted octanol–water partition coefficient (Wildman–Crippen LogP) is 3.01. The van der Waals surface area contributed by atoms with E-state index < -0.39 is 0 Å². The minimum Gasteiger partial charge on any atom is -0.356 e. The molecule has 3 aliphatic rings. The first kappa shape index (κ1) is 16.8. The summed E-state index contributed by atoms with van der Waals surface area (Å²) >= 11 is 0. The lowest BCUT2D eigenvalue weighted by Crippen LogP contribution is -2.44. The fraction of sp³-hybridized carbons (Fsp3) is 0.842. The highest BCUT2D eigenvalue weighted by Gasteiger charge is 2.29. The molecule has 1 unspecified atom stereocenters. The number of hydrogen-bond acceptors (Lipinski definition) is 2. The molecule has 4 heteroatoms. The highest BCUT2D eigenvalue weighted by Crippen LogP contribution is 2.21. The van der Waals surface area contributed by atoms with E-state index in [0.29, 0.717) is 0 Å². The second-order valence-electron chi connectivity index (χ2n) is 7.32. The van der Waals surface area contributed by atoms with Crippen molar-refractivity contribution >= 4 is 5.96 Å². The molecule has 1 atom stereocenters. The van der Waals surface area contributed by atoms with Gasteiger partial charge in [0, 0.05) is 32.7 Å². The first-order chi connectivity index (χ1) is 11.4. The Bertz CT molecular complexity index is 423. The van der Waals surface area contributed by atoms with Gasteiger partial charge in [0.15, 0.2) is 5.96 Å². The molecule has 2 heterocycles. The number of aliphatic imine (C=N–C) groups is 1. The van der Waals surface area contributed by atoms with Gasteiger partial charge in [-0.15, -0.1) is 0 Å². The lowest BCUT2D eigenvalue weighted by Gasteiger charge is -2.32. The van der Waals surface area contributed by atoms with Crippen molar-refractivity contribution in [2.75, 3.05) is 39.8 Å². The molecule has 2 saturated heterocycles. The molecule has 0 radical (unpaired) electrons. The maximum atomic E-state index is 4.53. The summed E-state index contributed by atoms with van der Waals surface area (Å²) in [6, 6.07) is 0.745. The van der Waals surface area contributed by atoms with Gasteiger partial charge in [0.05, 0.1) is 0 Å². The molecule has 130 valence electrons. The quantitative estimate of drug-likeness (QED) is 0.491. The van der Waals surface area contributed by atoms with Gasteiger partial charge in [-0.2, -0.15) is 0 Å². The molecule has 4 nitrogen and oxygen atoms in total. The van der Waals surface area contributed by atoms with Gasteiger partial charge in [0.2, 0.25) is 0 Å². The molecule has 0 aromatic heterocycles. The number of rotatable bonds is 4. The fourth-order valence-electron chi connectivity index (χ4n) is 4.31. The van der Waals surface area contributed by atoms with Crippen LogP contribution in [0, 0.1) is 0 Å². The SMILES string of the molecule is CN=C(NCCC1=CCCCC1)N1CCC(N2CCCCC2)C1. The van der Waals surface area contributed by atoms with Crippen molar-refractivity contribution in [3.8, 4) is 0 Å². The Labute approximate surface area is 142 Å². The molecule has 1 aliphatic carbocycles. The summed E-state index contributed by atoms with van der Waals surface area (Å²) < 4.78 is 0. The molecule has 0 aromatic carbocycles. The highest BCUT2D eigenvalue weighted by molar-refractivity contribution is 5.80. The summed E-state index contributed by atoms with van der Waals surface area (Å²) in [5.74, 6) is 1.11. The van der Waals surface area contributed by atoms with Crippen molar-refractivity contribution in [1.82, 2.24) is 15.1 Å². The summed E-state index contributed by atoms with van der Waals surface area (Å²) in [5, 5.41) is 3.60. The van der Waals surface area contributed by atoms with Crippen LogP contribution in [0.25, 0.3) is 0 Å². The number of nitrogens with zero attached hydrogens (tertiary/aromatic N) is 3. The van der Waals surface area contributed by atoms with Gasteiger partial charge in [-0.05, 0) is 64.5 Å². The van der Waals surface area contributed by atoms with E-state index in [0.717, 1.165) is 31.6 Å². The maximum absolute atomic E-state index is 4.53. The molecule has 0 amide bonds. The topological polar surface area (TPSA) is 30.9 Å². The van der Waals surface area contributed by atoms with Crippen LogP contribution in [-0.2, 0) is 0 Å². The molecule has 0 aromatic rings. The summed E-state index contributed by atoms with van der Waals surface area (Å²) in [6.45, 7) is 5.95. The Morgan fingerprint density at radius 2 is 2.04 bits per heavy atom. The lowest BCUT2D eigenvalue weighted by molar-refractivity contribution is 0.168. The van der Waals surface area contributed by atoms with Crippen LogP contribution in [0.4, 0.5) is 0 Å². The number of piperidine rings is 1. The summed E-state index contributed by atoms with van der Waals surface area (Å²) in [5.41, 5.74) is 1.65. The molecule has 1 N–H and O–H groups in total. The van der Waals surface area contributed by atoms with Crippen LogP contribution >= 0.6 is 0 Å². The van der Waals surface area contributed by atoms with Crippen molar-refractivity contribution in [2.24, 2.45) is 4.99 Å².